The molecule has 20 heavy (non-hydrogen) atoms. The molecule has 0 bridgehead atoms. The van der Waals surface area contributed by atoms with Gasteiger partial charge in [0.25, 0.3) is 0 Å². The predicted octanol–water partition coefficient (Wildman–Crippen LogP) is 3.71. The third-order valence-electron chi connectivity index (χ3n) is 2.91. The molecule has 0 saturated heterocycles. The van der Waals surface area contributed by atoms with Crippen LogP contribution in [0.1, 0.15) is 11.1 Å². The molecule has 3 aromatic heterocycles. The van der Waals surface area contributed by atoms with Crippen molar-refractivity contribution < 1.29 is 0 Å². The summed E-state index contributed by atoms with van der Waals surface area (Å²) in [4.78, 5) is 12.8. The second-order valence-corrected chi connectivity index (χ2v) is 4.27. The minimum Gasteiger partial charge on any atom is -0.265 e. The van der Waals surface area contributed by atoms with E-state index in [1.54, 1.807) is 24.8 Å². The molecule has 0 aromatic carbocycles. The highest BCUT2D eigenvalue weighted by atomic mass is 14.8. The average molecular weight is 259 g/mol. The average Bonchev–Trinajstić information content (AvgIpc) is 2.55. The minimum atomic E-state index is 0.877. The van der Waals surface area contributed by atoms with Crippen LogP contribution in [-0.2, 0) is 0 Å². The fraction of sp³-hybridized carbons (Fsp3) is 0. The smallest absolute Gasteiger partial charge is 0.0958 e. The van der Waals surface area contributed by atoms with Gasteiger partial charge in [0, 0.05) is 30.4 Å². The van der Waals surface area contributed by atoms with E-state index in [0.29, 0.717) is 0 Å². The van der Waals surface area contributed by atoms with Gasteiger partial charge in [-0.1, -0.05) is 24.3 Å². The van der Waals surface area contributed by atoms with Crippen LogP contribution in [0.5, 0.6) is 0 Å². The van der Waals surface area contributed by atoms with Gasteiger partial charge in [-0.3, -0.25) is 15.0 Å². The van der Waals surface area contributed by atoms with E-state index in [1.165, 1.54) is 0 Å². The third-order valence-corrected chi connectivity index (χ3v) is 2.91. The maximum Gasteiger partial charge on any atom is 0.0958 e. The Morgan fingerprint density at radius 2 is 1.55 bits per heavy atom. The summed E-state index contributed by atoms with van der Waals surface area (Å²) >= 11 is 0. The SMILES string of the molecule is C(=Cc1cccnc1-c1ccccn1)c1ccncc1. The predicted molar refractivity (Wildman–Crippen MR) is 80.6 cm³/mol. The number of hydrogen-bond acceptors (Lipinski definition) is 3. The van der Waals surface area contributed by atoms with Gasteiger partial charge in [0.15, 0.2) is 0 Å². The first kappa shape index (κ1) is 12.2. The Morgan fingerprint density at radius 3 is 2.35 bits per heavy atom. The van der Waals surface area contributed by atoms with Gasteiger partial charge in [0.2, 0.25) is 0 Å². The monoisotopic (exact) mass is 259 g/mol. The summed E-state index contributed by atoms with van der Waals surface area (Å²) in [6.45, 7) is 0. The molecule has 0 aliphatic carbocycles. The van der Waals surface area contributed by atoms with Crippen LogP contribution in [0.25, 0.3) is 23.5 Å². The van der Waals surface area contributed by atoms with Gasteiger partial charge in [-0.25, -0.2) is 0 Å². The normalized spacial score (nSPS) is 10.8. The van der Waals surface area contributed by atoms with Crippen molar-refractivity contribution in [3.63, 3.8) is 0 Å². The van der Waals surface area contributed by atoms with Crippen molar-refractivity contribution in [1.29, 1.82) is 0 Å². The first-order valence-corrected chi connectivity index (χ1v) is 6.38. The van der Waals surface area contributed by atoms with Crippen LogP contribution >= 0.6 is 0 Å². The van der Waals surface area contributed by atoms with E-state index in [-0.39, 0.29) is 0 Å². The molecule has 3 heterocycles. The van der Waals surface area contributed by atoms with E-state index < -0.39 is 0 Å². The molecule has 0 amide bonds. The van der Waals surface area contributed by atoms with Crippen LogP contribution in [0.4, 0.5) is 0 Å². The van der Waals surface area contributed by atoms with Crippen molar-refractivity contribution in [2.75, 3.05) is 0 Å². The molecule has 96 valence electrons. The van der Waals surface area contributed by atoms with Gasteiger partial charge in [-0.2, -0.15) is 0 Å². The lowest BCUT2D eigenvalue weighted by Crippen LogP contribution is -1.89. The molecule has 0 unspecified atom stereocenters. The second kappa shape index (κ2) is 5.89. The molecular weight excluding hydrogens is 246 g/mol. The Bertz CT molecular complexity index is 707. The zero-order valence-corrected chi connectivity index (χ0v) is 10.8. The Balaban J connectivity index is 1.97. The molecule has 3 nitrogen and oxygen atoms in total. The van der Waals surface area contributed by atoms with Gasteiger partial charge < -0.3 is 0 Å². The lowest BCUT2D eigenvalue weighted by Gasteiger charge is -2.03. The molecule has 0 N–H and O–H groups in total. The zero-order valence-electron chi connectivity index (χ0n) is 10.8. The summed E-state index contributed by atoms with van der Waals surface area (Å²) in [5, 5.41) is 0. The largest absolute Gasteiger partial charge is 0.265 e. The molecule has 0 aliphatic heterocycles. The summed E-state index contributed by atoms with van der Waals surface area (Å²) in [6.07, 6.45) is 11.2. The zero-order chi connectivity index (χ0) is 13.6. The summed E-state index contributed by atoms with van der Waals surface area (Å²) in [5.74, 6) is 0. The first-order chi connectivity index (χ1) is 9.93. The van der Waals surface area contributed by atoms with Crippen molar-refractivity contribution in [2.45, 2.75) is 0 Å². The quantitative estimate of drug-likeness (QED) is 0.719. The fourth-order valence-electron chi connectivity index (χ4n) is 1.93. The molecule has 0 fully saturated rings. The maximum absolute atomic E-state index is 4.44. The maximum atomic E-state index is 4.44. The molecule has 3 heteroatoms. The van der Waals surface area contributed by atoms with Crippen molar-refractivity contribution in [3.05, 3.63) is 78.4 Å². The van der Waals surface area contributed by atoms with Crippen LogP contribution in [0.15, 0.2) is 67.3 Å². The van der Waals surface area contributed by atoms with Crippen molar-refractivity contribution in [1.82, 2.24) is 15.0 Å². The van der Waals surface area contributed by atoms with E-state index in [4.69, 9.17) is 0 Å². The summed E-state index contributed by atoms with van der Waals surface area (Å²) in [5.41, 5.74) is 3.92. The lowest BCUT2D eigenvalue weighted by atomic mass is 10.1. The van der Waals surface area contributed by atoms with Crippen LogP contribution in [0.3, 0.4) is 0 Å². The number of aromatic nitrogens is 3. The molecule has 3 aromatic rings. The van der Waals surface area contributed by atoms with E-state index in [0.717, 1.165) is 22.5 Å². The van der Waals surface area contributed by atoms with Crippen molar-refractivity contribution in [2.24, 2.45) is 0 Å². The second-order valence-electron chi connectivity index (χ2n) is 4.27. The van der Waals surface area contributed by atoms with E-state index in [2.05, 4.69) is 15.0 Å². The Morgan fingerprint density at radius 1 is 0.700 bits per heavy atom. The van der Waals surface area contributed by atoms with E-state index in [9.17, 15) is 0 Å². The number of hydrogen-bond donors (Lipinski definition) is 0. The van der Waals surface area contributed by atoms with Crippen molar-refractivity contribution >= 4 is 12.2 Å². The summed E-state index contributed by atoms with van der Waals surface area (Å²) < 4.78 is 0. The topological polar surface area (TPSA) is 38.7 Å². The van der Waals surface area contributed by atoms with Crippen LogP contribution in [-0.4, -0.2) is 15.0 Å². The highest BCUT2D eigenvalue weighted by Crippen LogP contribution is 2.20. The van der Waals surface area contributed by atoms with E-state index >= 15 is 0 Å². The van der Waals surface area contributed by atoms with Crippen LogP contribution in [0.2, 0.25) is 0 Å². The number of rotatable bonds is 3. The Hall–Kier alpha value is -2.81. The number of nitrogens with zero attached hydrogens (tertiary/aromatic N) is 3. The minimum absolute atomic E-state index is 0.877. The summed E-state index contributed by atoms with van der Waals surface area (Å²) in [6, 6.07) is 13.7. The van der Waals surface area contributed by atoms with Gasteiger partial charge in [-0.15, -0.1) is 0 Å². The summed E-state index contributed by atoms with van der Waals surface area (Å²) in [7, 11) is 0. The fourth-order valence-corrected chi connectivity index (χ4v) is 1.93. The van der Waals surface area contributed by atoms with Gasteiger partial charge >= 0.3 is 0 Å². The lowest BCUT2D eigenvalue weighted by molar-refractivity contribution is 1.24. The van der Waals surface area contributed by atoms with Crippen molar-refractivity contribution in [3.8, 4) is 11.4 Å². The number of pyridine rings is 3. The molecule has 0 aliphatic rings. The van der Waals surface area contributed by atoms with Crippen LogP contribution < -0.4 is 0 Å². The molecular formula is C17H13N3. The van der Waals surface area contributed by atoms with Crippen LogP contribution in [0, 0.1) is 0 Å². The highest BCUT2D eigenvalue weighted by molar-refractivity contribution is 5.77. The first-order valence-electron chi connectivity index (χ1n) is 6.38. The molecule has 3 rings (SSSR count). The van der Waals surface area contributed by atoms with Gasteiger partial charge in [0.05, 0.1) is 11.4 Å². The molecule has 0 atom stereocenters. The highest BCUT2D eigenvalue weighted by Gasteiger charge is 2.04. The molecule has 0 radical (unpaired) electrons. The standard InChI is InChI=1S/C17H13N3/c1-2-10-19-16(5-1)17-15(4-3-11-20-17)7-6-14-8-12-18-13-9-14/h1-13H. The molecule has 0 spiro atoms. The van der Waals surface area contributed by atoms with Gasteiger partial charge in [-0.05, 0) is 35.9 Å². The Labute approximate surface area is 117 Å². The third kappa shape index (κ3) is 2.78. The molecule has 0 saturated carbocycles. The Kier molecular flexibility index (Phi) is 3.60. The van der Waals surface area contributed by atoms with Gasteiger partial charge in [0.1, 0.15) is 0 Å². The van der Waals surface area contributed by atoms with E-state index in [1.807, 2.05) is 54.6 Å².